The summed E-state index contributed by atoms with van der Waals surface area (Å²) in [6.45, 7) is 6.81. The van der Waals surface area contributed by atoms with E-state index in [1.807, 2.05) is 13.8 Å². The van der Waals surface area contributed by atoms with E-state index >= 15 is 0 Å². The fourth-order valence-electron chi connectivity index (χ4n) is 3.53. The molecule has 172 valence electrons. The third-order valence-electron chi connectivity index (χ3n) is 5.25. The van der Waals surface area contributed by atoms with Crippen LogP contribution in [0.25, 0.3) is 22.2 Å². The molecule has 0 aromatic carbocycles. The van der Waals surface area contributed by atoms with Gasteiger partial charge < -0.3 is 29.1 Å². The van der Waals surface area contributed by atoms with Gasteiger partial charge in [-0.3, -0.25) is 14.6 Å². The smallest absolute Gasteiger partial charge is 0.274 e. The number of oxazole rings is 1. The molecular formula is C23H25N5O5. The number of carbonyl (C=O) groups excluding carboxylic acids is 1. The molecule has 0 spiro atoms. The summed E-state index contributed by atoms with van der Waals surface area (Å²) < 4.78 is 13.5. The van der Waals surface area contributed by atoms with E-state index in [0.29, 0.717) is 16.7 Å². The van der Waals surface area contributed by atoms with Crippen molar-refractivity contribution < 1.29 is 19.1 Å². The van der Waals surface area contributed by atoms with Crippen LogP contribution in [-0.2, 0) is 12.6 Å². The van der Waals surface area contributed by atoms with Crippen LogP contribution in [0.2, 0.25) is 0 Å². The molecule has 4 rings (SSSR count). The van der Waals surface area contributed by atoms with Gasteiger partial charge in [-0.05, 0) is 33.8 Å². The summed E-state index contributed by atoms with van der Waals surface area (Å²) in [4.78, 5) is 36.4. The van der Waals surface area contributed by atoms with Crippen molar-refractivity contribution in [3.8, 4) is 23.0 Å². The number of rotatable bonds is 5. The molecule has 0 bridgehead atoms. The van der Waals surface area contributed by atoms with Crippen LogP contribution in [0.5, 0.6) is 11.6 Å². The van der Waals surface area contributed by atoms with Gasteiger partial charge in [0.15, 0.2) is 0 Å². The first-order chi connectivity index (χ1) is 15.5. The minimum Gasteiger partial charge on any atom is -0.435 e. The highest BCUT2D eigenvalue weighted by Gasteiger charge is 2.30. The van der Waals surface area contributed by atoms with Gasteiger partial charge in [-0.1, -0.05) is 0 Å². The van der Waals surface area contributed by atoms with E-state index in [4.69, 9.17) is 9.15 Å². The molecule has 10 heteroatoms. The third kappa shape index (κ3) is 3.89. The average molecular weight is 451 g/mol. The summed E-state index contributed by atoms with van der Waals surface area (Å²) in [5, 5.41) is 13.5. The first kappa shape index (κ1) is 22.3. The Balaban J connectivity index is 1.99. The zero-order valence-electron chi connectivity index (χ0n) is 19.2. The van der Waals surface area contributed by atoms with Gasteiger partial charge in [0.05, 0.1) is 0 Å². The first-order valence-electron chi connectivity index (χ1n) is 10.3. The van der Waals surface area contributed by atoms with E-state index in [-0.39, 0.29) is 40.2 Å². The number of aromatic nitrogens is 4. The van der Waals surface area contributed by atoms with Gasteiger partial charge in [0.25, 0.3) is 17.3 Å². The first-order valence-corrected chi connectivity index (χ1v) is 10.3. The fourth-order valence-corrected chi connectivity index (χ4v) is 3.53. The minimum absolute atomic E-state index is 0.0425. The van der Waals surface area contributed by atoms with Crippen LogP contribution in [0.1, 0.15) is 41.4 Å². The lowest BCUT2D eigenvalue weighted by atomic mass is 10.1. The Kier molecular flexibility index (Phi) is 5.33. The monoisotopic (exact) mass is 451 g/mol. The maximum atomic E-state index is 12.7. The van der Waals surface area contributed by atoms with Crippen molar-refractivity contribution >= 4 is 16.8 Å². The Bertz CT molecular complexity index is 1420. The molecule has 0 aliphatic rings. The van der Waals surface area contributed by atoms with Crippen LogP contribution in [0.3, 0.4) is 0 Å². The Hall–Kier alpha value is -3.92. The summed E-state index contributed by atoms with van der Waals surface area (Å²) >= 11 is 0. The van der Waals surface area contributed by atoms with Crippen molar-refractivity contribution in [3.05, 3.63) is 57.7 Å². The number of hydrogen-bond acceptors (Lipinski definition) is 7. The van der Waals surface area contributed by atoms with E-state index in [9.17, 15) is 14.7 Å². The molecule has 33 heavy (non-hydrogen) atoms. The zero-order valence-corrected chi connectivity index (χ0v) is 19.2. The van der Waals surface area contributed by atoms with Crippen LogP contribution >= 0.6 is 0 Å². The Morgan fingerprint density at radius 1 is 1.27 bits per heavy atom. The lowest BCUT2D eigenvalue weighted by Gasteiger charge is -2.11. The number of nitrogens with zero attached hydrogens (tertiary/aromatic N) is 3. The van der Waals surface area contributed by atoms with Crippen molar-refractivity contribution in [1.29, 1.82) is 0 Å². The molecule has 0 atom stereocenters. The highest BCUT2D eigenvalue weighted by Crippen LogP contribution is 2.40. The van der Waals surface area contributed by atoms with Gasteiger partial charge in [0.2, 0.25) is 11.7 Å². The molecule has 0 aliphatic heterocycles. The predicted molar refractivity (Wildman–Crippen MR) is 121 cm³/mol. The van der Waals surface area contributed by atoms with Crippen LogP contribution in [0, 0.1) is 13.8 Å². The second-order valence-electron chi connectivity index (χ2n) is 8.43. The van der Waals surface area contributed by atoms with Crippen molar-refractivity contribution in [2.24, 2.45) is 7.05 Å². The summed E-state index contributed by atoms with van der Waals surface area (Å²) in [6.07, 6.45) is 4.93. The maximum Gasteiger partial charge on any atom is 0.274 e. The third-order valence-corrected chi connectivity index (χ3v) is 5.25. The highest BCUT2D eigenvalue weighted by molar-refractivity contribution is 6.02. The quantitative estimate of drug-likeness (QED) is 0.424. The molecule has 0 unspecified atom stereocenters. The molecule has 0 saturated carbocycles. The van der Waals surface area contributed by atoms with Crippen molar-refractivity contribution in [2.75, 3.05) is 7.05 Å². The normalized spacial score (nSPS) is 11.7. The summed E-state index contributed by atoms with van der Waals surface area (Å²) in [5.74, 6) is 0.565. The van der Waals surface area contributed by atoms with Gasteiger partial charge in [-0.2, -0.15) is 4.98 Å². The number of hydrogen-bond donors (Lipinski definition) is 3. The van der Waals surface area contributed by atoms with Crippen LogP contribution < -0.4 is 15.6 Å². The SMILES string of the molecule is CNC(=O)c1cc2c(-c3oc(C(C)(C)O)nc3Oc3c(C)cncc3C)cn(C)c(=O)c2[nH]1. The number of H-pyrrole nitrogens is 1. The Morgan fingerprint density at radius 2 is 1.94 bits per heavy atom. The molecule has 1 amide bonds. The molecule has 4 aromatic heterocycles. The predicted octanol–water partition coefficient (Wildman–Crippen LogP) is 2.91. The molecule has 0 aliphatic carbocycles. The number of pyridine rings is 2. The van der Waals surface area contributed by atoms with Gasteiger partial charge in [-0.15, -0.1) is 0 Å². The lowest BCUT2D eigenvalue weighted by molar-refractivity contribution is 0.0489. The highest BCUT2D eigenvalue weighted by atomic mass is 16.5. The average Bonchev–Trinajstić information content (AvgIpc) is 3.38. The van der Waals surface area contributed by atoms with Crippen LogP contribution in [0.4, 0.5) is 0 Å². The van der Waals surface area contributed by atoms with Gasteiger partial charge in [-0.25, -0.2) is 0 Å². The van der Waals surface area contributed by atoms with Crippen molar-refractivity contribution in [2.45, 2.75) is 33.3 Å². The fraction of sp³-hybridized carbons (Fsp3) is 0.304. The van der Waals surface area contributed by atoms with Crippen molar-refractivity contribution in [3.63, 3.8) is 0 Å². The number of amides is 1. The second kappa shape index (κ2) is 7.89. The lowest BCUT2D eigenvalue weighted by Crippen LogP contribution is -2.19. The van der Waals surface area contributed by atoms with Crippen LogP contribution in [0.15, 0.2) is 33.9 Å². The summed E-state index contributed by atoms with van der Waals surface area (Å²) in [7, 11) is 3.10. The number of ether oxygens (including phenoxy) is 1. The molecule has 0 fully saturated rings. The molecule has 10 nitrogen and oxygen atoms in total. The van der Waals surface area contributed by atoms with E-state index in [2.05, 4.69) is 20.3 Å². The van der Waals surface area contributed by atoms with E-state index in [0.717, 1.165) is 11.1 Å². The molecule has 0 radical (unpaired) electrons. The van der Waals surface area contributed by atoms with E-state index in [1.165, 1.54) is 11.6 Å². The topological polar surface area (TPSA) is 135 Å². The Labute approximate surface area is 189 Å². The zero-order chi connectivity index (χ0) is 24.1. The molecule has 4 heterocycles. The number of carbonyl (C=O) groups is 1. The summed E-state index contributed by atoms with van der Waals surface area (Å²) in [6, 6.07) is 1.57. The van der Waals surface area contributed by atoms with Gasteiger partial charge in [0.1, 0.15) is 22.6 Å². The largest absolute Gasteiger partial charge is 0.435 e. The number of aryl methyl sites for hydroxylation is 3. The summed E-state index contributed by atoms with van der Waals surface area (Å²) in [5.41, 5.74) is 0.824. The van der Waals surface area contributed by atoms with E-state index < -0.39 is 5.60 Å². The molecule has 0 saturated heterocycles. The van der Waals surface area contributed by atoms with Crippen LogP contribution in [-0.4, -0.2) is 37.6 Å². The molecule has 4 aromatic rings. The van der Waals surface area contributed by atoms with Gasteiger partial charge in [0, 0.05) is 54.8 Å². The minimum atomic E-state index is -1.39. The number of nitrogens with one attached hydrogen (secondary N) is 2. The van der Waals surface area contributed by atoms with Gasteiger partial charge >= 0.3 is 0 Å². The Morgan fingerprint density at radius 3 is 2.55 bits per heavy atom. The molecule has 3 N–H and O–H groups in total. The number of aliphatic hydroxyl groups is 1. The number of fused-ring (bicyclic) bond motifs is 1. The molecular weight excluding hydrogens is 426 g/mol. The second-order valence-corrected chi connectivity index (χ2v) is 8.43. The van der Waals surface area contributed by atoms with E-state index in [1.54, 1.807) is 45.6 Å². The standard InChI is InChI=1S/C23H25N5O5/c1-11-8-25-9-12(2)17(11)32-20-18(33-22(27-20)23(3,4)31)14-10-28(6)21(30)16-13(14)7-15(26-16)19(29)24-5/h7-10,26,31H,1-6H3,(H,24,29). The van der Waals surface area contributed by atoms with Crippen molar-refractivity contribution in [1.82, 2.24) is 24.8 Å². The maximum absolute atomic E-state index is 12.7. The number of aromatic amines is 1.